The van der Waals surface area contributed by atoms with Crippen LogP contribution in [0.1, 0.15) is 26.7 Å². The Morgan fingerprint density at radius 2 is 2.08 bits per heavy atom. The van der Waals surface area contributed by atoms with Crippen LogP contribution in [0.2, 0.25) is 0 Å². The van der Waals surface area contributed by atoms with Crippen molar-refractivity contribution in [3.8, 4) is 11.8 Å². The zero-order chi connectivity index (χ0) is 17.9. The molecule has 0 fully saturated rings. The van der Waals surface area contributed by atoms with E-state index in [1.165, 1.54) is 11.0 Å². The molecular formula is C16H17N3O5. The molecule has 0 spiro atoms. The minimum Gasteiger partial charge on any atom is -0.481 e. The molecule has 24 heavy (non-hydrogen) atoms. The monoisotopic (exact) mass is 331 g/mol. The van der Waals surface area contributed by atoms with E-state index in [1.807, 2.05) is 6.07 Å². The van der Waals surface area contributed by atoms with Gasteiger partial charge in [0.05, 0.1) is 18.2 Å². The molecule has 0 unspecified atom stereocenters. The van der Waals surface area contributed by atoms with Crippen LogP contribution in [0.5, 0.6) is 5.75 Å². The summed E-state index contributed by atoms with van der Waals surface area (Å²) in [5, 5.41) is 20.1. The first-order valence-corrected chi connectivity index (χ1v) is 7.28. The number of carbonyl (C=O) groups excluding carboxylic acids is 2. The zero-order valence-corrected chi connectivity index (χ0v) is 13.3. The number of benzene rings is 1. The molecule has 1 aromatic carbocycles. The highest BCUT2D eigenvalue weighted by atomic mass is 16.5. The summed E-state index contributed by atoms with van der Waals surface area (Å²) in [6.07, 6.45) is -0.427. The van der Waals surface area contributed by atoms with Crippen LogP contribution in [0.3, 0.4) is 0 Å². The summed E-state index contributed by atoms with van der Waals surface area (Å²) in [4.78, 5) is 35.9. The maximum Gasteiger partial charge on any atom is 0.303 e. The van der Waals surface area contributed by atoms with Crippen LogP contribution in [-0.2, 0) is 14.4 Å². The number of nitrogens with zero attached hydrogens (tertiary/aromatic N) is 2. The molecule has 0 radical (unpaired) electrons. The summed E-state index contributed by atoms with van der Waals surface area (Å²) >= 11 is 0. The third kappa shape index (κ3) is 3.63. The number of fused-ring (bicyclic) bond motifs is 1. The van der Waals surface area contributed by atoms with Crippen LogP contribution in [0.25, 0.3) is 0 Å². The van der Waals surface area contributed by atoms with Gasteiger partial charge in [0.1, 0.15) is 12.3 Å². The molecule has 0 atom stereocenters. The van der Waals surface area contributed by atoms with Gasteiger partial charge in [-0.3, -0.25) is 19.3 Å². The fourth-order valence-corrected chi connectivity index (χ4v) is 2.32. The Morgan fingerprint density at radius 1 is 1.38 bits per heavy atom. The fraction of sp³-hybridized carbons (Fsp3) is 0.375. The summed E-state index contributed by atoms with van der Waals surface area (Å²) in [7, 11) is 0. The van der Waals surface area contributed by atoms with Crippen molar-refractivity contribution < 1.29 is 24.2 Å². The number of hydrogen-bond donors (Lipinski definition) is 2. The van der Waals surface area contributed by atoms with Gasteiger partial charge in [0.2, 0.25) is 5.91 Å². The van der Waals surface area contributed by atoms with Crippen molar-refractivity contribution >= 4 is 29.2 Å². The number of carboxylic acid groups (broad SMARTS) is 1. The third-order valence-electron chi connectivity index (χ3n) is 3.45. The molecule has 0 aliphatic carbocycles. The van der Waals surface area contributed by atoms with Gasteiger partial charge in [-0.1, -0.05) is 0 Å². The van der Waals surface area contributed by atoms with Gasteiger partial charge < -0.3 is 15.2 Å². The lowest BCUT2D eigenvalue weighted by molar-refractivity contribution is -0.138. The highest BCUT2D eigenvalue weighted by Gasteiger charge is 2.40. The van der Waals surface area contributed by atoms with E-state index < -0.39 is 17.5 Å². The maximum absolute atomic E-state index is 12.4. The number of aliphatic carboxylic acids is 1. The number of nitrogens with one attached hydrogen (secondary N) is 1. The average Bonchev–Trinajstić information content (AvgIpc) is 2.50. The normalized spacial score (nSPS) is 15.0. The predicted octanol–water partition coefficient (Wildman–Crippen LogP) is 1.52. The van der Waals surface area contributed by atoms with Crippen molar-refractivity contribution in [3.63, 3.8) is 0 Å². The molecular weight excluding hydrogens is 314 g/mol. The third-order valence-corrected chi connectivity index (χ3v) is 3.45. The molecule has 1 aliphatic heterocycles. The molecule has 2 N–H and O–H groups in total. The van der Waals surface area contributed by atoms with Gasteiger partial charge in [0, 0.05) is 12.1 Å². The van der Waals surface area contributed by atoms with Crippen LogP contribution in [0.15, 0.2) is 18.2 Å². The van der Waals surface area contributed by atoms with Crippen molar-refractivity contribution in [2.45, 2.75) is 32.3 Å². The first kappa shape index (κ1) is 17.3. The topological polar surface area (TPSA) is 120 Å². The van der Waals surface area contributed by atoms with Gasteiger partial charge in [-0.25, -0.2) is 0 Å². The standard InChI is InChI=1S/C16H17N3O5/c1-16(2)15(23)19(8-7-17)11-9-10(3-4-12(11)24-16)18-13(20)5-6-14(21)22/h3-4,9H,5-6,8H2,1-2H3,(H,18,20)(H,21,22). The molecule has 2 amide bonds. The number of hydrogen-bond acceptors (Lipinski definition) is 5. The van der Waals surface area contributed by atoms with E-state index in [9.17, 15) is 14.4 Å². The maximum atomic E-state index is 12.4. The number of anilines is 2. The largest absolute Gasteiger partial charge is 0.481 e. The second-order valence-corrected chi connectivity index (χ2v) is 5.79. The number of amides is 2. The molecule has 1 heterocycles. The summed E-state index contributed by atoms with van der Waals surface area (Å²) < 4.78 is 5.66. The van der Waals surface area contributed by atoms with E-state index >= 15 is 0 Å². The minimum absolute atomic E-state index is 0.144. The molecule has 126 valence electrons. The summed E-state index contributed by atoms with van der Waals surface area (Å²) in [6.45, 7) is 3.09. The Kier molecular flexibility index (Phi) is 4.74. The molecule has 8 nitrogen and oxygen atoms in total. The van der Waals surface area contributed by atoms with E-state index in [0.29, 0.717) is 17.1 Å². The molecule has 1 aliphatic rings. The molecule has 0 aromatic heterocycles. The van der Waals surface area contributed by atoms with Crippen molar-refractivity contribution in [2.24, 2.45) is 0 Å². The summed E-state index contributed by atoms with van der Waals surface area (Å²) in [6, 6.07) is 6.65. The number of nitriles is 1. The Labute approximate surface area is 138 Å². The Bertz CT molecular complexity index is 736. The first-order chi connectivity index (χ1) is 11.2. The van der Waals surface area contributed by atoms with Gasteiger partial charge in [-0.15, -0.1) is 0 Å². The Hall–Kier alpha value is -3.08. The average molecular weight is 331 g/mol. The minimum atomic E-state index is -1.09. The van der Waals surface area contributed by atoms with Crippen molar-refractivity contribution in [1.82, 2.24) is 0 Å². The second-order valence-electron chi connectivity index (χ2n) is 5.79. The lowest BCUT2D eigenvalue weighted by Gasteiger charge is -2.37. The molecule has 0 bridgehead atoms. The van der Waals surface area contributed by atoms with Gasteiger partial charge in [0.25, 0.3) is 5.91 Å². The van der Waals surface area contributed by atoms with E-state index in [1.54, 1.807) is 26.0 Å². The van der Waals surface area contributed by atoms with E-state index in [0.717, 1.165) is 0 Å². The van der Waals surface area contributed by atoms with Crippen molar-refractivity contribution in [2.75, 3.05) is 16.8 Å². The molecule has 0 saturated carbocycles. The van der Waals surface area contributed by atoms with Crippen LogP contribution >= 0.6 is 0 Å². The zero-order valence-electron chi connectivity index (χ0n) is 13.3. The first-order valence-electron chi connectivity index (χ1n) is 7.28. The molecule has 0 saturated heterocycles. The summed E-state index contributed by atoms with van der Waals surface area (Å²) in [5.74, 6) is -1.44. The van der Waals surface area contributed by atoms with Crippen molar-refractivity contribution in [1.29, 1.82) is 5.26 Å². The Balaban J connectivity index is 2.26. The van der Waals surface area contributed by atoms with Gasteiger partial charge in [-0.2, -0.15) is 5.26 Å². The SMILES string of the molecule is CC1(C)Oc2ccc(NC(=O)CCC(=O)O)cc2N(CC#N)C1=O. The van der Waals surface area contributed by atoms with Gasteiger partial charge in [0.15, 0.2) is 5.60 Å². The van der Waals surface area contributed by atoms with Crippen LogP contribution in [-0.4, -0.2) is 35.0 Å². The number of rotatable bonds is 5. The Morgan fingerprint density at radius 3 is 2.71 bits per heavy atom. The quantitative estimate of drug-likeness (QED) is 0.789. The summed E-state index contributed by atoms with van der Waals surface area (Å²) in [5.41, 5.74) is -0.309. The van der Waals surface area contributed by atoms with Crippen LogP contribution in [0.4, 0.5) is 11.4 Å². The smallest absolute Gasteiger partial charge is 0.303 e. The van der Waals surface area contributed by atoms with Crippen LogP contribution in [0, 0.1) is 11.3 Å². The van der Waals surface area contributed by atoms with Crippen LogP contribution < -0.4 is 15.0 Å². The number of carboxylic acids is 1. The van der Waals surface area contributed by atoms with Gasteiger partial charge >= 0.3 is 5.97 Å². The van der Waals surface area contributed by atoms with Crippen molar-refractivity contribution in [3.05, 3.63) is 18.2 Å². The lowest BCUT2D eigenvalue weighted by Crippen LogP contribution is -2.52. The van der Waals surface area contributed by atoms with E-state index in [2.05, 4.69) is 5.32 Å². The fourth-order valence-electron chi connectivity index (χ4n) is 2.32. The van der Waals surface area contributed by atoms with Gasteiger partial charge in [-0.05, 0) is 32.0 Å². The highest BCUT2D eigenvalue weighted by Crippen LogP contribution is 2.39. The van der Waals surface area contributed by atoms with E-state index in [4.69, 9.17) is 15.1 Å². The highest BCUT2D eigenvalue weighted by molar-refractivity contribution is 6.03. The molecule has 1 aromatic rings. The second kappa shape index (κ2) is 6.58. The predicted molar refractivity (Wildman–Crippen MR) is 84.6 cm³/mol. The number of carbonyl (C=O) groups is 3. The molecule has 2 rings (SSSR count). The van der Waals surface area contributed by atoms with E-state index in [-0.39, 0.29) is 25.3 Å². The molecule has 8 heteroatoms. The number of ether oxygens (including phenoxy) is 1. The lowest BCUT2D eigenvalue weighted by atomic mass is 10.0.